The van der Waals surface area contributed by atoms with E-state index in [1.165, 1.54) is 10.5 Å². The van der Waals surface area contributed by atoms with Crippen molar-refractivity contribution in [3.05, 3.63) is 47.9 Å². The van der Waals surface area contributed by atoms with E-state index in [0.717, 1.165) is 5.56 Å². The van der Waals surface area contributed by atoms with Gasteiger partial charge in [0, 0.05) is 26.1 Å². The summed E-state index contributed by atoms with van der Waals surface area (Å²) in [5.41, 5.74) is 6.48. The molecule has 0 unspecified atom stereocenters. The van der Waals surface area contributed by atoms with Crippen molar-refractivity contribution in [3.63, 3.8) is 0 Å². The zero-order valence-electron chi connectivity index (χ0n) is 12.0. The Morgan fingerprint density at radius 1 is 1.29 bits per heavy atom. The van der Waals surface area contributed by atoms with Gasteiger partial charge in [-0.25, -0.2) is 13.4 Å². The molecule has 0 atom stereocenters. The topological polar surface area (TPSA) is 92.1 Å². The summed E-state index contributed by atoms with van der Waals surface area (Å²) >= 11 is 0. The molecule has 114 valence electrons. The van der Waals surface area contributed by atoms with Gasteiger partial charge in [0.05, 0.1) is 6.20 Å². The lowest BCUT2D eigenvalue weighted by molar-refractivity contribution is 0.412. The Morgan fingerprint density at radius 3 is 2.57 bits per heavy atom. The summed E-state index contributed by atoms with van der Waals surface area (Å²) in [6.45, 7) is 2.73. The monoisotopic (exact) mass is 308 g/mol. The number of sulfonamides is 1. The van der Waals surface area contributed by atoms with Crippen molar-refractivity contribution in [3.8, 4) is 0 Å². The SMILES string of the molecule is CCc1ncc(S(=O)(=O)N(CCN)Cc2ccccc2)[nH]1. The van der Waals surface area contributed by atoms with E-state index in [9.17, 15) is 8.42 Å². The lowest BCUT2D eigenvalue weighted by atomic mass is 10.2. The molecule has 1 aromatic heterocycles. The van der Waals surface area contributed by atoms with Gasteiger partial charge in [0.15, 0.2) is 5.03 Å². The summed E-state index contributed by atoms with van der Waals surface area (Å²) < 4.78 is 26.7. The first kappa shape index (κ1) is 15.7. The fourth-order valence-electron chi connectivity index (χ4n) is 2.01. The highest BCUT2D eigenvalue weighted by molar-refractivity contribution is 7.89. The highest BCUT2D eigenvalue weighted by atomic mass is 32.2. The molecule has 0 aliphatic heterocycles. The smallest absolute Gasteiger partial charge is 0.260 e. The van der Waals surface area contributed by atoms with Gasteiger partial charge in [0.2, 0.25) is 0 Å². The second-order valence-electron chi connectivity index (χ2n) is 4.66. The van der Waals surface area contributed by atoms with Crippen LogP contribution in [0.4, 0.5) is 0 Å². The minimum atomic E-state index is -3.62. The molecule has 21 heavy (non-hydrogen) atoms. The van der Waals surface area contributed by atoms with E-state index in [0.29, 0.717) is 18.8 Å². The summed E-state index contributed by atoms with van der Waals surface area (Å²) in [7, 11) is -3.62. The van der Waals surface area contributed by atoms with Crippen LogP contribution in [0.5, 0.6) is 0 Å². The maximum absolute atomic E-state index is 12.7. The molecule has 0 spiro atoms. The molecule has 0 amide bonds. The predicted octanol–water partition coefficient (Wildman–Crippen LogP) is 1.12. The summed E-state index contributed by atoms with van der Waals surface area (Å²) in [5.74, 6) is 0.654. The van der Waals surface area contributed by atoms with Gasteiger partial charge in [-0.05, 0) is 5.56 Å². The van der Waals surface area contributed by atoms with Crippen LogP contribution in [0.25, 0.3) is 0 Å². The van der Waals surface area contributed by atoms with E-state index >= 15 is 0 Å². The molecule has 1 aromatic carbocycles. The van der Waals surface area contributed by atoms with E-state index in [1.54, 1.807) is 0 Å². The number of nitrogens with zero attached hydrogens (tertiary/aromatic N) is 2. The lowest BCUT2D eigenvalue weighted by Crippen LogP contribution is -2.35. The van der Waals surface area contributed by atoms with Gasteiger partial charge in [-0.15, -0.1) is 0 Å². The Hall–Kier alpha value is -1.70. The van der Waals surface area contributed by atoms with E-state index in [-0.39, 0.29) is 18.1 Å². The molecule has 2 aromatic rings. The Kier molecular flexibility index (Phi) is 5.11. The highest BCUT2D eigenvalue weighted by Gasteiger charge is 2.26. The predicted molar refractivity (Wildman–Crippen MR) is 81.1 cm³/mol. The molecule has 2 rings (SSSR count). The second-order valence-corrected chi connectivity index (χ2v) is 6.57. The van der Waals surface area contributed by atoms with Gasteiger partial charge in [0.25, 0.3) is 10.0 Å². The molecule has 0 bridgehead atoms. The van der Waals surface area contributed by atoms with Crippen LogP contribution in [0.1, 0.15) is 18.3 Å². The first-order valence-electron chi connectivity index (χ1n) is 6.86. The Morgan fingerprint density at radius 2 is 2.00 bits per heavy atom. The van der Waals surface area contributed by atoms with Gasteiger partial charge >= 0.3 is 0 Å². The fourth-order valence-corrected chi connectivity index (χ4v) is 3.38. The average molecular weight is 308 g/mol. The molecule has 3 N–H and O–H groups in total. The first-order valence-corrected chi connectivity index (χ1v) is 8.30. The Labute approximate surface area is 125 Å². The van der Waals surface area contributed by atoms with Crippen molar-refractivity contribution >= 4 is 10.0 Å². The van der Waals surface area contributed by atoms with Gasteiger partial charge in [0.1, 0.15) is 5.82 Å². The number of benzene rings is 1. The first-order chi connectivity index (χ1) is 10.1. The van der Waals surface area contributed by atoms with Crippen LogP contribution < -0.4 is 5.73 Å². The van der Waals surface area contributed by atoms with Crippen molar-refractivity contribution in [1.29, 1.82) is 0 Å². The number of H-pyrrole nitrogens is 1. The van der Waals surface area contributed by atoms with E-state index in [2.05, 4.69) is 9.97 Å². The standard InChI is InChI=1S/C14H20N4O2S/c1-2-13-16-10-14(17-13)21(19,20)18(9-8-15)11-12-6-4-3-5-7-12/h3-7,10H,2,8-9,11,15H2,1H3,(H,16,17). The van der Waals surface area contributed by atoms with Crippen LogP contribution in [0.15, 0.2) is 41.6 Å². The number of hydrogen-bond donors (Lipinski definition) is 2. The van der Waals surface area contributed by atoms with Crippen LogP contribution in [0, 0.1) is 0 Å². The number of aromatic amines is 1. The van der Waals surface area contributed by atoms with Gasteiger partial charge in [-0.1, -0.05) is 37.3 Å². The van der Waals surface area contributed by atoms with E-state index < -0.39 is 10.0 Å². The molecule has 6 nitrogen and oxygen atoms in total. The summed E-state index contributed by atoms with van der Waals surface area (Å²) in [6.07, 6.45) is 2.02. The third-order valence-corrected chi connectivity index (χ3v) is 4.89. The summed E-state index contributed by atoms with van der Waals surface area (Å²) in [6, 6.07) is 9.45. The van der Waals surface area contributed by atoms with E-state index in [1.807, 2.05) is 37.3 Å². The molecule has 0 saturated heterocycles. The normalized spacial score (nSPS) is 12.0. The second kappa shape index (κ2) is 6.84. The quantitative estimate of drug-likeness (QED) is 0.802. The zero-order chi connectivity index (χ0) is 15.3. The van der Waals surface area contributed by atoms with Gasteiger partial charge in [-0.2, -0.15) is 4.31 Å². The van der Waals surface area contributed by atoms with Crippen molar-refractivity contribution in [2.75, 3.05) is 13.1 Å². The molecule has 0 aliphatic rings. The van der Waals surface area contributed by atoms with Crippen LogP contribution in [0.2, 0.25) is 0 Å². The fraction of sp³-hybridized carbons (Fsp3) is 0.357. The van der Waals surface area contributed by atoms with Crippen LogP contribution >= 0.6 is 0 Å². The maximum Gasteiger partial charge on any atom is 0.260 e. The highest BCUT2D eigenvalue weighted by Crippen LogP contribution is 2.16. The minimum absolute atomic E-state index is 0.115. The largest absolute Gasteiger partial charge is 0.332 e. The number of imidazole rings is 1. The number of rotatable bonds is 7. The number of hydrogen-bond acceptors (Lipinski definition) is 4. The lowest BCUT2D eigenvalue weighted by Gasteiger charge is -2.20. The number of nitrogens with two attached hydrogens (primary N) is 1. The average Bonchev–Trinajstić information content (AvgIpc) is 2.97. The molecular formula is C14H20N4O2S. The molecule has 1 heterocycles. The Balaban J connectivity index is 2.27. The van der Waals surface area contributed by atoms with Crippen LogP contribution in [0.3, 0.4) is 0 Å². The van der Waals surface area contributed by atoms with Gasteiger partial charge < -0.3 is 10.7 Å². The number of aromatic nitrogens is 2. The molecule has 0 fully saturated rings. The summed E-state index contributed by atoms with van der Waals surface area (Å²) in [4.78, 5) is 6.90. The third kappa shape index (κ3) is 3.69. The van der Waals surface area contributed by atoms with Crippen molar-refractivity contribution in [2.24, 2.45) is 5.73 Å². The number of nitrogens with one attached hydrogen (secondary N) is 1. The molecular weight excluding hydrogens is 288 g/mol. The van der Waals surface area contributed by atoms with Crippen molar-refractivity contribution < 1.29 is 8.42 Å². The minimum Gasteiger partial charge on any atom is -0.332 e. The molecule has 0 aliphatic carbocycles. The molecule has 0 saturated carbocycles. The van der Waals surface area contributed by atoms with Crippen molar-refractivity contribution in [1.82, 2.24) is 14.3 Å². The van der Waals surface area contributed by atoms with Crippen LogP contribution in [-0.4, -0.2) is 35.8 Å². The zero-order valence-corrected chi connectivity index (χ0v) is 12.8. The summed E-state index contributed by atoms with van der Waals surface area (Å²) in [5, 5.41) is 0.115. The van der Waals surface area contributed by atoms with Crippen LogP contribution in [-0.2, 0) is 23.0 Å². The molecule has 7 heteroatoms. The maximum atomic E-state index is 12.7. The van der Waals surface area contributed by atoms with E-state index in [4.69, 9.17) is 5.73 Å². The number of aryl methyl sites for hydroxylation is 1. The Bertz CT molecular complexity index is 667. The molecule has 0 radical (unpaired) electrons. The van der Waals surface area contributed by atoms with Crippen molar-refractivity contribution in [2.45, 2.75) is 24.9 Å². The third-order valence-electron chi connectivity index (χ3n) is 3.14. The van der Waals surface area contributed by atoms with Gasteiger partial charge in [-0.3, -0.25) is 0 Å².